The van der Waals surface area contributed by atoms with Crippen molar-refractivity contribution in [2.24, 2.45) is 0 Å². The van der Waals surface area contributed by atoms with Gasteiger partial charge in [0.25, 0.3) is 0 Å². The predicted molar refractivity (Wildman–Crippen MR) is 69.5 cm³/mol. The fourth-order valence-corrected chi connectivity index (χ4v) is 3.35. The Kier molecular flexibility index (Phi) is 3.94. The normalized spacial score (nSPS) is 18.5. The number of hydrogen-bond acceptors (Lipinski definition) is 3. The Balaban J connectivity index is 2.05. The van der Waals surface area contributed by atoms with Crippen LogP contribution >= 0.6 is 11.8 Å². The monoisotopic (exact) mass is 251 g/mol. The smallest absolute Gasteiger partial charge is 0.216 e. The summed E-state index contributed by atoms with van der Waals surface area (Å²) in [5.41, 5.74) is 1.23. The van der Waals surface area contributed by atoms with Crippen LogP contribution in [0.3, 0.4) is 0 Å². The molecule has 1 unspecified atom stereocenters. The largest absolute Gasteiger partial charge is 0.508 e. The molecule has 4 heteroatoms. The Morgan fingerprint density at radius 1 is 1.59 bits per heavy atom. The summed E-state index contributed by atoms with van der Waals surface area (Å²) in [5.74, 6) is 1.91. The lowest BCUT2D eigenvalue weighted by Gasteiger charge is -2.25. The van der Waals surface area contributed by atoms with Gasteiger partial charge in [-0.3, -0.25) is 4.79 Å². The molecule has 1 aliphatic rings. The van der Waals surface area contributed by atoms with E-state index in [-0.39, 0.29) is 5.91 Å². The summed E-state index contributed by atoms with van der Waals surface area (Å²) < 4.78 is 0. The van der Waals surface area contributed by atoms with Gasteiger partial charge >= 0.3 is 0 Å². The Labute approximate surface area is 106 Å². The standard InChI is InChI=1S/C13H17NO2S/c1-9(15)14-6-4-10-5-7-17-13-3-2-11(16)8-12(10)13/h2-3,8,10,16H,4-7H2,1H3,(H,14,15). The number of hydrogen-bond donors (Lipinski definition) is 2. The first-order valence-corrected chi connectivity index (χ1v) is 6.85. The van der Waals surface area contributed by atoms with Crippen molar-refractivity contribution < 1.29 is 9.90 Å². The average Bonchev–Trinajstić information content (AvgIpc) is 2.29. The highest BCUT2D eigenvalue weighted by Gasteiger charge is 2.20. The molecule has 2 N–H and O–H groups in total. The Bertz CT molecular complexity index is 420. The van der Waals surface area contributed by atoms with Gasteiger partial charge in [-0.1, -0.05) is 0 Å². The van der Waals surface area contributed by atoms with Crippen LogP contribution in [-0.4, -0.2) is 23.3 Å². The molecule has 0 aliphatic carbocycles. The molecule has 0 bridgehead atoms. The molecule has 1 heterocycles. The molecule has 1 atom stereocenters. The van der Waals surface area contributed by atoms with Crippen molar-refractivity contribution in [3.05, 3.63) is 23.8 Å². The van der Waals surface area contributed by atoms with Gasteiger partial charge in [-0.05, 0) is 48.3 Å². The number of phenols is 1. The second kappa shape index (κ2) is 5.45. The van der Waals surface area contributed by atoms with Crippen LogP contribution in [0.5, 0.6) is 5.75 Å². The van der Waals surface area contributed by atoms with E-state index in [0.29, 0.717) is 18.2 Å². The highest BCUT2D eigenvalue weighted by atomic mass is 32.2. The van der Waals surface area contributed by atoms with Crippen LogP contribution in [0.4, 0.5) is 0 Å². The molecule has 0 spiro atoms. The molecule has 0 saturated heterocycles. The third kappa shape index (κ3) is 3.16. The van der Waals surface area contributed by atoms with Crippen LogP contribution < -0.4 is 5.32 Å². The van der Waals surface area contributed by atoms with E-state index in [1.807, 2.05) is 23.9 Å². The van der Waals surface area contributed by atoms with Crippen LogP contribution in [0, 0.1) is 0 Å². The second-order valence-corrected chi connectivity index (χ2v) is 5.46. The van der Waals surface area contributed by atoms with Crippen LogP contribution in [0.15, 0.2) is 23.1 Å². The number of amides is 1. The Hall–Kier alpha value is -1.16. The summed E-state index contributed by atoms with van der Waals surface area (Å²) in [5, 5.41) is 12.4. The SMILES string of the molecule is CC(=O)NCCC1CCSc2ccc(O)cc21. The maximum Gasteiger partial charge on any atom is 0.216 e. The van der Waals surface area contributed by atoms with E-state index < -0.39 is 0 Å². The zero-order chi connectivity index (χ0) is 12.3. The lowest BCUT2D eigenvalue weighted by molar-refractivity contribution is -0.118. The first kappa shape index (κ1) is 12.3. The number of aromatic hydroxyl groups is 1. The number of carbonyl (C=O) groups is 1. The van der Waals surface area contributed by atoms with Gasteiger partial charge in [-0.25, -0.2) is 0 Å². The molecule has 3 nitrogen and oxygen atoms in total. The number of carbonyl (C=O) groups excluding carboxylic acids is 1. The van der Waals surface area contributed by atoms with Crippen LogP contribution in [0.2, 0.25) is 0 Å². The molecule has 1 aliphatic heterocycles. The van der Waals surface area contributed by atoms with Gasteiger partial charge in [0.05, 0.1) is 0 Å². The highest BCUT2D eigenvalue weighted by molar-refractivity contribution is 7.99. The lowest BCUT2D eigenvalue weighted by Crippen LogP contribution is -2.23. The zero-order valence-corrected chi connectivity index (χ0v) is 10.7. The number of rotatable bonds is 3. The van der Waals surface area contributed by atoms with E-state index >= 15 is 0 Å². The lowest BCUT2D eigenvalue weighted by atomic mass is 9.92. The van der Waals surface area contributed by atoms with Crippen LogP contribution in [-0.2, 0) is 4.79 Å². The third-order valence-electron chi connectivity index (χ3n) is 3.02. The summed E-state index contributed by atoms with van der Waals surface area (Å²) in [6.45, 7) is 2.25. The molecular formula is C13H17NO2S. The minimum atomic E-state index is 0.0197. The van der Waals surface area contributed by atoms with E-state index in [9.17, 15) is 9.90 Å². The molecule has 0 saturated carbocycles. The summed E-state index contributed by atoms with van der Waals surface area (Å²) in [7, 11) is 0. The Morgan fingerprint density at radius 2 is 2.41 bits per heavy atom. The molecule has 1 aromatic carbocycles. The van der Waals surface area contributed by atoms with Gasteiger partial charge in [0.15, 0.2) is 0 Å². The van der Waals surface area contributed by atoms with Crippen molar-refractivity contribution in [1.82, 2.24) is 5.32 Å². The Morgan fingerprint density at radius 3 is 3.18 bits per heavy atom. The first-order chi connectivity index (χ1) is 8.16. The number of phenolic OH excluding ortho intramolecular Hbond substituents is 1. The van der Waals surface area contributed by atoms with Gasteiger partial charge in [0.1, 0.15) is 5.75 Å². The van der Waals surface area contributed by atoms with Crippen LogP contribution in [0.25, 0.3) is 0 Å². The second-order valence-electron chi connectivity index (χ2n) is 4.33. The average molecular weight is 251 g/mol. The van der Waals surface area contributed by atoms with Gasteiger partial charge in [-0.2, -0.15) is 0 Å². The number of benzene rings is 1. The molecule has 0 aromatic heterocycles. The van der Waals surface area contributed by atoms with E-state index in [4.69, 9.17) is 0 Å². The molecule has 92 valence electrons. The predicted octanol–water partition coefficient (Wildman–Crippen LogP) is 2.50. The molecule has 1 amide bonds. The quantitative estimate of drug-likeness (QED) is 0.867. The molecule has 0 radical (unpaired) electrons. The summed E-state index contributed by atoms with van der Waals surface area (Å²) in [6.07, 6.45) is 2.05. The van der Waals surface area contributed by atoms with E-state index in [2.05, 4.69) is 5.32 Å². The van der Waals surface area contributed by atoms with Crippen molar-refractivity contribution in [1.29, 1.82) is 0 Å². The summed E-state index contributed by atoms with van der Waals surface area (Å²) in [4.78, 5) is 12.1. The van der Waals surface area contributed by atoms with E-state index in [0.717, 1.165) is 18.6 Å². The fourth-order valence-electron chi connectivity index (χ4n) is 2.18. The fraction of sp³-hybridized carbons (Fsp3) is 0.462. The maximum atomic E-state index is 10.8. The van der Waals surface area contributed by atoms with Crippen molar-refractivity contribution in [3.8, 4) is 5.75 Å². The van der Waals surface area contributed by atoms with Crippen molar-refractivity contribution >= 4 is 17.7 Å². The van der Waals surface area contributed by atoms with Crippen molar-refractivity contribution in [3.63, 3.8) is 0 Å². The number of fused-ring (bicyclic) bond motifs is 1. The van der Waals surface area contributed by atoms with Crippen molar-refractivity contribution in [2.45, 2.75) is 30.6 Å². The van der Waals surface area contributed by atoms with Gasteiger partial charge in [0.2, 0.25) is 5.91 Å². The number of nitrogens with one attached hydrogen (secondary N) is 1. The molecule has 17 heavy (non-hydrogen) atoms. The minimum Gasteiger partial charge on any atom is -0.508 e. The minimum absolute atomic E-state index is 0.0197. The van der Waals surface area contributed by atoms with Crippen molar-refractivity contribution in [2.75, 3.05) is 12.3 Å². The molecule has 1 aromatic rings. The maximum absolute atomic E-state index is 10.8. The molecule has 0 fully saturated rings. The third-order valence-corrected chi connectivity index (χ3v) is 4.15. The summed E-state index contributed by atoms with van der Waals surface area (Å²) in [6, 6.07) is 5.59. The van der Waals surface area contributed by atoms with Gasteiger partial charge in [-0.15, -0.1) is 11.8 Å². The topological polar surface area (TPSA) is 49.3 Å². The van der Waals surface area contributed by atoms with Gasteiger partial charge in [0, 0.05) is 18.4 Å². The number of thioether (sulfide) groups is 1. The van der Waals surface area contributed by atoms with Crippen LogP contribution in [0.1, 0.15) is 31.2 Å². The molecular weight excluding hydrogens is 234 g/mol. The van der Waals surface area contributed by atoms with Gasteiger partial charge < -0.3 is 10.4 Å². The van der Waals surface area contributed by atoms with E-state index in [1.165, 1.54) is 17.4 Å². The first-order valence-electron chi connectivity index (χ1n) is 5.87. The highest BCUT2D eigenvalue weighted by Crippen LogP contribution is 2.40. The van der Waals surface area contributed by atoms with E-state index in [1.54, 1.807) is 6.07 Å². The zero-order valence-electron chi connectivity index (χ0n) is 9.90. The summed E-state index contributed by atoms with van der Waals surface area (Å²) >= 11 is 1.84. The molecule has 2 rings (SSSR count).